The molecule has 0 aliphatic carbocycles. The van der Waals surface area contributed by atoms with Gasteiger partial charge in [-0.25, -0.2) is 64.4 Å². The van der Waals surface area contributed by atoms with E-state index in [0.29, 0.717) is 47.5 Å². The second-order valence-corrected chi connectivity index (χ2v) is 597. The van der Waals surface area contributed by atoms with Gasteiger partial charge in [0.05, 0.1) is 51.5 Å². The molecule has 12 heterocycles. The third-order valence-corrected chi connectivity index (χ3v) is 1790. The van der Waals surface area contributed by atoms with Crippen LogP contribution >= 0.6 is 381 Å². The Balaban J connectivity index is 0.000000211. The van der Waals surface area contributed by atoms with E-state index in [1.165, 1.54) is 35.9 Å². The van der Waals surface area contributed by atoms with Gasteiger partial charge in [0, 0.05) is 19.0 Å². The number of nitrogens with zero attached hydrogens (tertiary/aromatic N) is 15. The number of thiol groups is 1. The molecule has 2 fully saturated rings. The van der Waals surface area contributed by atoms with Crippen LogP contribution in [0.3, 0.4) is 0 Å². The van der Waals surface area contributed by atoms with Crippen molar-refractivity contribution in [3.05, 3.63) is 81.5 Å². The summed E-state index contributed by atoms with van der Waals surface area (Å²) in [7, 11) is -9.90. The van der Waals surface area contributed by atoms with E-state index < -0.39 is 219 Å². The quantitative estimate of drug-likeness (QED) is 0.0105. The molecular weight excluding hydrogens is 4550 g/mol. The van der Waals surface area contributed by atoms with Gasteiger partial charge in [0.15, 0.2) is 58.4 Å². The van der Waals surface area contributed by atoms with Gasteiger partial charge in [-0.15, -0.1) is 0 Å². The monoisotopic (exact) mass is 4610 g/mol. The van der Waals surface area contributed by atoms with Crippen molar-refractivity contribution < 1.29 is 82.7 Å². The molecule has 8 aromatic rings. The molecule has 71 heteroatoms. The van der Waals surface area contributed by atoms with Crippen LogP contribution < -0.4 is 22.2 Å². The molecule has 0 saturated carbocycles. The summed E-state index contributed by atoms with van der Waals surface area (Å²) >= 11 is 54.9. The van der Waals surface area contributed by atoms with Gasteiger partial charge in [-0.05, 0) is 36.5 Å². The predicted molar refractivity (Wildman–Crippen MR) is 683 cm³/mol. The first-order valence-corrected chi connectivity index (χ1v) is 193. The molecule has 4 bridgehead atoms. The number of alkyl halides is 3. The Morgan fingerprint density at radius 3 is 1.64 bits per heavy atom. The molecule has 118 heavy (non-hydrogen) atoms. The van der Waals surface area contributed by atoms with Crippen molar-refractivity contribution in [3.8, 4) is 0 Å². The standard InChI is InChI=1S/C26H31FN10O10P2S.C19H22FN9O8P2S2.CH3I25.CH4/c1-14(2)23(38)34-26-33-22-19(24(39)35-26)31-13-37(22)25-20-18(27)16(46-25)10-45-49(50,43-8-5-28-3)42-7-4-6-36-17(11-44-48(40,41)47-20)32-15-9-29-12-30-21(15)36;20-12-10-5-34-38(31,40)33-3-1-2-28-11(25-9-4-22-7-23-15(9)28)6-35-39(32,41)37-14(12)18(36-10)29-8-24-13-16(29)26-19(21)27-17(13)30;1-15(2)17(5)19(7)21(9)23(11)25(13)26(14)24(12)22(10)20(8)18(6)16(3)4;/h9,12-14,16,18,20,25H,4-8,10-11H2,1-2H3,(H,40,41)(H2,33,34,35,38,39);4,7-8,10,12,14,18H,1-3,5-6H2,(H,31,40)(H,32,41)(H3,21,26,27,30);1H3;1H4/t16-,18-,20-,25-,49?;10-,12-,14-,18-,38?,39?;;/m11../s1. The van der Waals surface area contributed by atoms with Gasteiger partial charge in [-0.3, -0.25) is 56.9 Å². The fourth-order valence-corrected chi connectivity index (χ4v) is 4080. The summed E-state index contributed by atoms with van der Waals surface area (Å²) in [4.78, 5) is 111. The van der Waals surface area contributed by atoms with Crippen LogP contribution in [0.5, 0.6) is 0 Å². The number of fused-ring (bicyclic) bond motifs is 12. The number of carbonyl (C=O) groups excluding carboxylic acids is 1. The van der Waals surface area contributed by atoms with Crippen molar-refractivity contribution in [2.24, 2.45) is 5.92 Å². The number of aryl methyl sites for hydroxylation is 2. The number of nitrogens with two attached hydrogens (primary N) is 1. The molecule has 0 spiro atoms. The SMILES string of the molecule is C.CI(I)I(I)I(I)I(I)I(I)I(I)I(I)I(I)I(I)I(I)I(I)I(I)I.Nc1nc2c(ncn2[C@@H]2O[C@@H]3COP(O)(=S)OCCCn4c(nc5cncnc54)COP(=O)(S)O[C@@H]2[C@@H]3F)c(=O)[nH]1.[C-]#[N+]CCOP1(=S)OCCCn2c(nc3cncnc32)COP(=O)(O)O[C@@H]2[C@H](F)[C@@H](CO1)O[C@H]2n1cnc2c(=O)[nH]c(NC(=O)C(C)C)nc21. The van der Waals surface area contributed by atoms with E-state index in [9.17, 15) is 33.3 Å². The zero-order valence-electron chi connectivity index (χ0n) is 57.6. The van der Waals surface area contributed by atoms with Crippen LogP contribution in [0.15, 0.2) is 47.3 Å². The fourth-order valence-electron chi connectivity index (χ4n) is 9.89. The van der Waals surface area contributed by atoms with Crippen molar-refractivity contribution in [2.45, 2.75) is 110 Å². The van der Waals surface area contributed by atoms with Crippen LogP contribution in [0.2, 0.25) is 0 Å². The number of imidazole rings is 4. The van der Waals surface area contributed by atoms with Crippen molar-refractivity contribution in [2.75, 3.05) is 55.6 Å². The molecule has 12 atom stereocenters. The van der Waals surface area contributed by atoms with E-state index in [1.54, 1.807) is 23.0 Å². The van der Waals surface area contributed by atoms with E-state index in [4.69, 9.17) is 86.1 Å². The molecule has 1 amide bonds. The number of rotatable bonds is 18. The molecule has 12 rings (SSSR count). The molecule has 37 nitrogen and oxygen atoms in total. The van der Waals surface area contributed by atoms with Crippen LogP contribution in [0, 0.1) is 12.5 Å². The minimum absolute atomic E-state index is 0. The molecule has 8 aromatic heterocycles. The van der Waals surface area contributed by atoms with Gasteiger partial charge in [-0.2, -0.15) is 9.97 Å². The number of amides is 1. The van der Waals surface area contributed by atoms with Crippen LogP contribution in [-0.2, 0) is 114 Å². The maximum atomic E-state index is 16.3. The number of phosphoric acid groups is 1. The molecule has 4 unspecified atom stereocenters. The Labute approximate surface area is 857 Å². The van der Waals surface area contributed by atoms with E-state index in [1.807, 2.05) is 0 Å². The molecular formula is C47H60F2I25N19O18P4S3. The number of hydrogen-bond donors (Lipinski definition) is 7. The first-order chi connectivity index (χ1) is 55.1. The van der Waals surface area contributed by atoms with E-state index in [0.717, 1.165) is 10.9 Å². The van der Waals surface area contributed by atoms with Crippen molar-refractivity contribution in [1.29, 1.82) is 0 Å². The number of nitrogens with one attached hydrogen (secondary N) is 3. The number of anilines is 2. The minimum Gasteiger partial charge on any atom is -0.369 e. The average Bonchev–Trinajstić information content (AvgIpc) is 1.62. The van der Waals surface area contributed by atoms with Gasteiger partial charge < -0.3 is 61.6 Å². The zero-order valence-corrected chi connectivity index (χ0v) is 118. The Kier molecular flexibility index (Phi) is 51.7. The Morgan fingerprint density at radius 1 is 0.678 bits per heavy atom. The normalized spacial score (nSPS) is 27.0. The number of aromatic amines is 2. The summed E-state index contributed by atoms with van der Waals surface area (Å²) in [6.07, 6.45) is -4.98. The minimum atomic E-state index is -5.08. The average molecular weight is 4610 g/mol. The molecule has 2 saturated heterocycles. The number of nitrogen functional groups attached to an aromatic ring is 1. The number of aromatic nitrogens is 16. The number of hydrogen-bond acceptors (Lipinski definition) is 29. The van der Waals surface area contributed by atoms with Gasteiger partial charge in [0.1, 0.15) is 79.6 Å². The second-order valence-electron chi connectivity index (χ2n) is 22.3. The maximum absolute atomic E-state index is 16.3. The van der Waals surface area contributed by atoms with Gasteiger partial charge in [-0.1, -0.05) is 33.5 Å². The molecule has 678 valence electrons. The van der Waals surface area contributed by atoms with E-state index in [-0.39, 0.29) is 87.0 Å². The van der Waals surface area contributed by atoms with Crippen LogP contribution in [0.25, 0.3) is 49.5 Å². The Bertz CT molecular complexity index is 5150. The third-order valence-electron chi connectivity index (χ3n) is 14.7. The summed E-state index contributed by atoms with van der Waals surface area (Å²) in [5.74, 6) is -0.861. The van der Waals surface area contributed by atoms with Crippen molar-refractivity contribution in [3.63, 3.8) is 0 Å². The number of halogens is 27. The number of ether oxygens (including phenoxy) is 2. The zero-order chi connectivity index (χ0) is 85.5. The number of H-pyrrole nitrogens is 2. The predicted octanol–water partition coefficient (Wildman–Crippen LogP) is 26.7. The second kappa shape index (κ2) is 53.6. The van der Waals surface area contributed by atoms with Crippen LogP contribution in [0.4, 0.5) is 20.7 Å². The first kappa shape index (κ1) is 114. The summed E-state index contributed by atoms with van der Waals surface area (Å²) in [5.41, 5.74) is 5.49. The van der Waals surface area contributed by atoms with Gasteiger partial charge in [0.25, 0.3) is 11.1 Å². The smallest absolute Gasteiger partial charge is 0.369 e. The summed E-state index contributed by atoms with van der Waals surface area (Å²) in [5, 5.41) is 2.48. The first-order valence-electron chi connectivity index (χ1n) is 30.9. The van der Waals surface area contributed by atoms with E-state index in [2.05, 4.69) is 329 Å². The third kappa shape index (κ3) is 31.6. The molecule has 0 radical (unpaired) electrons. The maximum Gasteiger partial charge on any atom is 0.473 e. The Morgan fingerprint density at radius 2 is 1.14 bits per heavy atom. The summed E-state index contributed by atoms with van der Waals surface area (Å²) in [6, 6.07) is 0. The van der Waals surface area contributed by atoms with Crippen LogP contribution in [0.1, 0.15) is 58.2 Å². The molecule has 4 aliphatic heterocycles. The van der Waals surface area contributed by atoms with Gasteiger partial charge >= 0.3 is 374 Å². The number of carbonyl (C=O) groups is 1. The fraction of sp³-hybridized carbons (Fsp3) is 0.532. The van der Waals surface area contributed by atoms with E-state index >= 15 is 8.78 Å². The van der Waals surface area contributed by atoms with Gasteiger partial charge in [0.2, 0.25) is 24.3 Å². The molecule has 4 aliphatic rings. The topological polar surface area (TPSA) is 450 Å². The summed E-state index contributed by atoms with van der Waals surface area (Å²) in [6.45, 7) is -2.95. The summed E-state index contributed by atoms with van der Waals surface area (Å²) < 4.78 is 126. The van der Waals surface area contributed by atoms with Crippen molar-refractivity contribution >= 4 is 467 Å². The van der Waals surface area contributed by atoms with Crippen LogP contribution in [-0.4, -0.2) is 175 Å². The van der Waals surface area contributed by atoms with Crippen molar-refractivity contribution in [1.82, 2.24) is 78.1 Å². The number of phosphoric ester groups is 1. The molecule has 7 N–H and O–H groups in total. The molecule has 0 aromatic carbocycles. The largest absolute Gasteiger partial charge is 0.473 e. The Hall–Kier alpha value is 12.3.